The smallest absolute Gasteiger partial charge is 0.0650 e. The molecule has 0 saturated carbocycles. The Bertz CT molecular complexity index is 638. The monoisotopic (exact) mass is 269 g/mol. The van der Waals surface area contributed by atoms with E-state index in [1.807, 2.05) is 17.4 Å². The van der Waals surface area contributed by atoms with E-state index in [1.165, 1.54) is 9.75 Å². The summed E-state index contributed by atoms with van der Waals surface area (Å²) in [7, 11) is 0. The molecule has 3 nitrogen and oxygen atoms in total. The van der Waals surface area contributed by atoms with Crippen LogP contribution >= 0.6 is 11.3 Å². The van der Waals surface area contributed by atoms with Gasteiger partial charge in [-0.3, -0.25) is 5.10 Å². The number of nitrogens with zero attached hydrogens (tertiary/aromatic N) is 1. The molecule has 0 amide bonds. The standard InChI is InChI=1S/C15H15N3S/c1-11-2-7-14(19-11)10-16-13-5-3-12(4-6-13)15-8-9-17-18-15/h2-9,16H,10H2,1H3,(H,17,18). The summed E-state index contributed by atoms with van der Waals surface area (Å²) in [6.45, 7) is 3.01. The van der Waals surface area contributed by atoms with Crippen molar-refractivity contribution < 1.29 is 0 Å². The summed E-state index contributed by atoms with van der Waals surface area (Å²) in [5, 5.41) is 10.4. The third-order valence-corrected chi connectivity index (χ3v) is 3.96. The molecule has 2 aromatic heterocycles. The molecular formula is C15H15N3S. The van der Waals surface area contributed by atoms with Crippen LogP contribution in [-0.2, 0) is 6.54 Å². The molecule has 0 bridgehead atoms. The number of thiophene rings is 1. The highest BCUT2D eigenvalue weighted by Crippen LogP contribution is 2.20. The Kier molecular flexibility index (Phi) is 3.33. The summed E-state index contributed by atoms with van der Waals surface area (Å²) in [5.41, 5.74) is 3.32. The zero-order valence-corrected chi connectivity index (χ0v) is 11.5. The molecule has 0 radical (unpaired) electrons. The van der Waals surface area contributed by atoms with Crippen molar-refractivity contribution in [2.45, 2.75) is 13.5 Å². The molecule has 0 aliphatic rings. The van der Waals surface area contributed by atoms with Gasteiger partial charge in [-0.15, -0.1) is 11.3 Å². The van der Waals surface area contributed by atoms with E-state index < -0.39 is 0 Å². The maximum Gasteiger partial charge on any atom is 0.0650 e. The van der Waals surface area contributed by atoms with Gasteiger partial charge in [0.05, 0.1) is 5.69 Å². The van der Waals surface area contributed by atoms with E-state index in [1.54, 1.807) is 6.20 Å². The van der Waals surface area contributed by atoms with Crippen LogP contribution in [0.3, 0.4) is 0 Å². The predicted molar refractivity (Wildman–Crippen MR) is 80.4 cm³/mol. The van der Waals surface area contributed by atoms with Gasteiger partial charge < -0.3 is 5.32 Å². The highest BCUT2D eigenvalue weighted by molar-refractivity contribution is 7.11. The van der Waals surface area contributed by atoms with Crippen LogP contribution in [0.15, 0.2) is 48.7 Å². The van der Waals surface area contributed by atoms with Gasteiger partial charge in [0.25, 0.3) is 0 Å². The molecule has 4 heteroatoms. The molecule has 2 N–H and O–H groups in total. The SMILES string of the molecule is Cc1ccc(CNc2ccc(-c3ccn[nH]3)cc2)s1. The van der Waals surface area contributed by atoms with E-state index in [0.717, 1.165) is 23.5 Å². The number of aryl methyl sites for hydroxylation is 1. The molecule has 0 saturated heterocycles. The number of nitrogens with one attached hydrogen (secondary N) is 2. The zero-order valence-electron chi connectivity index (χ0n) is 10.7. The van der Waals surface area contributed by atoms with Crippen LogP contribution < -0.4 is 5.32 Å². The number of anilines is 1. The first-order chi connectivity index (χ1) is 9.31. The summed E-state index contributed by atoms with van der Waals surface area (Å²) in [6, 6.07) is 14.7. The van der Waals surface area contributed by atoms with Crippen LogP contribution in [0.1, 0.15) is 9.75 Å². The molecule has 19 heavy (non-hydrogen) atoms. The summed E-state index contributed by atoms with van der Waals surface area (Å²) in [6.07, 6.45) is 1.76. The fourth-order valence-electron chi connectivity index (χ4n) is 1.95. The summed E-state index contributed by atoms with van der Waals surface area (Å²) in [5.74, 6) is 0. The fourth-order valence-corrected chi connectivity index (χ4v) is 2.78. The Hall–Kier alpha value is -2.07. The third kappa shape index (κ3) is 2.85. The molecule has 0 aliphatic heterocycles. The van der Waals surface area contributed by atoms with Crippen LogP contribution in [0.5, 0.6) is 0 Å². The second-order valence-electron chi connectivity index (χ2n) is 4.41. The number of hydrogen-bond acceptors (Lipinski definition) is 3. The molecule has 0 spiro atoms. The molecule has 0 fully saturated rings. The van der Waals surface area contributed by atoms with Crippen molar-refractivity contribution in [3.63, 3.8) is 0 Å². The predicted octanol–water partition coefficient (Wildman–Crippen LogP) is 4.06. The minimum absolute atomic E-state index is 0.877. The highest BCUT2D eigenvalue weighted by Gasteiger charge is 2.00. The Morgan fingerprint density at radius 3 is 2.58 bits per heavy atom. The van der Waals surface area contributed by atoms with Gasteiger partial charge in [-0.05, 0) is 42.8 Å². The second kappa shape index (κ2) is 5.28. The van der Waals surface area contributed by atoms with Crippen LogP contribution in [0.25, 0.3) is 11.3 Å². The van der Waals surface area contributed by atoms with Crippen molar-refractivity contribution >= 4 is 17.0 Å². The normalized spacial score (nSPS) is 10.6. The lowest BCUT2D eigenvalue weighted by Gasteiger charge is -2.05. The van der Waals surface area contributed by atoms with Crippen molar-refractivity contribution in [3.8, 4) is 11.3 Å². The highest BCUT2D eigenvalue weighted by atomic mass is 32.1. The van der Waals surface area contributed by atoms with Gasteiger partial charge in [-0.2, -0.15) is 5.10 Å². The summed E-state index contributed by atoms with van der Waals surface area (Å²) >= 11 is 1.83. The van der Waals surface area contributed by atoms with Gasteiger partial charge in [0.1, 0.15) is 0 Å². The minimum atomic E-state index is 0.877. The average molecular weight is 269 g/mol. The van der Waals surface area contributed by atoms with E-state index >= 15 is 0 Å². The second-order valence-corrected chi connectivity index (χ2v) is 5.79. The van der Waals surface area contributed by atoms with E-state index in [2.05, 4.69) is 58.8 Å². The van der Waals surface area contributed by atoms with Crippen LogP contribution in [0, 0.1) is 6.92 Å². The minimum Gasteiger partial charge on any atom is -0.380 e. The molecular weight excluding hydrogens is 254 g/mol. The largest absolute Gasteiger partial charge is 0.380 e. The zero-order chi connectivity index (χ0) is 13.1. The van der Waals surface area contributed by atoms with Gasteiger partial charge in [0.2, 0.25) is 0 Å². The van der Waals surface area contributed by atoms with E-state index in [0.29, 0.717) is 0 Å². The van der Waals surface area contributed by atoms with Crippen molar-refractivity contribution in [2.24, 2.45) is 0 Å². The van der Waals surface area contributed by atoms with E-state index in [9.17, 15) is 0 Å². The van der Waals surface area contributed by atoms with Gasteiger partial charge in [-0.1, -0.05) is 12.1 Å². The molecule has 96 valence electrons. The Morgan fingerprint density at radius 1 is 1.11 bits per heavy atom. The van der Waals surface area contributed by atoms with Gasteiger partial charge in [-0.25, -0.2) is 0 Å². The number of aromatic nitrogens is 2. The number of aromatic amines is 1. The first-order valence-electron chi connectivity index (χ1n) is 6.20. The van der Waals surface area contributed by atoms with E-state index in [-0.39, 0.29) is 0 Å². The van der Waals surface area contributed by atoms with Crippen LogP contribution in [0.4, 0.5) is 5.69 Å². The number of rotatable bonds is 4. The van der Waals surface area contributed by atoms with Crippen molar-refractivity contribution in [2.75, 3.05) is 5.32 Å². The summed E-state index contributed by atoms with van der Waals surface area (Å²) < 4.78 is 0. The first kappa shape index (κ1) is 12.0. The quantitative estimate of drug-likeness (QED) is 0.750. The van der Waals surface area contributed by atoms with Crippen molar-refractivity contribution in [3.05, 3.63) is 58.4 Å². The lowest BCUT2D eigenvalue weighted by molar-refractivity contribution is 1.09. The topological polar surface area (TPSA) is 40.7 Å². The van der Waals surface area contributed by atoms with Gasteiger partial charge in [0.15, 0.2) is 0 Å². The average Bonchev–Trinajstić information content (AvgIpc) is 3.08. The molecule has 2 heterocycles. The Labute approximate surface area is 116 Å². The first-order valence-corrected chi connectivity index (χ1v) is 7.02. The third-order valence-electron chi connectivity index (χ3n) is 2.96. The summed E-state index contributed by atoms with van der Waals surface area (Å²) in [4.78, 5) is 2.71. The molecule has 3 rings (SSSR count). The molecule has 0 atom stereocenters. The van der Waals surface area contributed by atoms with E-state index in [4.69, 9.17) is 0 Å². The maximum absolute atomic E-state index is 3.96. The van der Waals surface area contributed by atoms with Crippen LogP contribution in [-0.4, -0.2) is 10.2 Å². The maximum atomic E-state index is 3.96. The molecule has 3 aromatic rings. The van der Waals surface area contributed by atoms with Crippen molar-refractivity contribution in [1.29, 1.82) is 0 Å². The number of H-pyrrole nitrogens is 1. The number of hydrogen-bond donors (Lipinski definition) is 2. The lowest BCUT2D eigenvalue weighted by Crippen LogP contribution is -1.96. The van der Waals surface area contributed by atoms with Crippen LogP contribution in [0.2, 0.25) is 0 Å². The lowest BCUT2D eigenvalue weighted by atomic mass is 10.1. The van der Waals surface area contributed by atoms with Crippen molar-refractivity contribution in [1.82, 2.24) is 10.2 Å². The Balaban J connectivity index is 1.66. The van der Waals surface area contributed by atoms with Gasteiger partial charge >= 0.3 is 0 Å². The number of benzene rings is 1. The molecule has 0 aliphatic carbocycles. The fraction of sp³-hybridized carbons (Fsp3) is 0.133. The molecule has 0 unspecified atom stereocenters. The van der Waals surface area contributed by atoms with Gasteiger partial charge in [0, 0.05) is 28.2 Å². The Morgan fingerprint density at radius 2 is 1.95 bits per heavy atom. The molecule has 1 aromatic carbocycles.